The molecule has 0 aliphatic carbocycles. The number of hydrogen-bond donors (Lipinski definition) is 0. The van der Waals surface area contributed by atoms with Gasteiger partial charge in [-0.15, -0.1) is 0 Å². The Labute approximate surface area is 141 Å². The fourth-order valence-electron chi connectivity index (χ4n) is 3.31. The molecule has 0 N–H and O–H groups in total. The molecule has 0 unspecified atom stereocenters. The minimum absolute atomic E-state index is 0.0178. The van der Waals surface area contributed by atoms with E-state index in [0.29, 0.717) is 12.1 Å². The molecule has 0 radical (unpaired) electrons. The van der Waals surface area contributed by atoms with E-state index >= 15 is 0 Å². The minimum Gasteiger partial charge on any atom is -0.338 e. The van der Waals surface area contributed by atoms with Crippen LogP contribution in [0.1, 0.15) is 21.6 Å². The summed E-state index contributed by atoms with van der Waals surface area (Å²) in [6.07, 6.45) is 1.68. The summed E-state index contributed by atoms with van der Waals surface area (Å²) >= 11 is 0. The zero-order chi connectivity index (χ0) is 16.5. The highest BCUT2D eigenvalue weighted by atomic mass is 16.2. The van der Waals surface area contributed by atoms with Crippen LogP contribution in [0, 0.1) is 0 Å². The van der Waals surface area contributed by atoms with Gasteiger partial charge in [0.1, 0.15) is 0 Å². The zero-order valence-corrected chi connectivity index (χ0v) is 13.9. The molecular weight excluding hydrogens is 302 g/mol. The molecule has 1 amide bonds. The van der Waals surface area contributed by atoms with E-state index in [4.69, 9.17) is 0 Å². The maximum Gasteiger partial charge on any atom is 0.257 e. The van der Waals surface area contributed by atoms with Gasteiger partial charge in [-0.1, -0.05) is 30.3 Å². The average molecular weight is 323 g/mol. The third kappa shape index (κ3) is 2.85. The summed E-state index contributed by atoms with van der Waals surface area (Å²) < 4.78 is 0. The monoisotopic (exact) mass is 323 g/mol. The highest BCUT2D eigenvalue weighted by Crippen LogP contribution is 2.21. The standard InChI is InChI=1S/C18H21N5O/c1-21-13-16-15(17(21)24)11-19-18(20-16)23-9-7-22(8-10-23)12-14-5-3-2-4-6-14/h2-6,11H,7-10,12-13H2,1H3. The third-order valence-electron chi connectivity index (χ3n) is 4.72. The molecular formula is C18H21N5O. The maximum atomic E-state index is 11.9. The number of anilines is 1. The molecule has 0 bridgehead atoms. The topological polar surface area (TPSA) is 52.6 Å². The van der Waals surface area contributed by atoms with Gasteiger partial charge in [0.2, 0.25) is 5.95 Å². The first-order valence-corrected chi connectivity index (χ1v) is 8.33. The Morgan fingerprint density at radius 3 is 2.58 bits per heavy atom. The van der Waals surface area contributed by atoms with Crippen LogP contribution < -0.4 is 4.90 Å². The molecule has 0 atom stereocenters. The predicted molar refractivity (Wildman–Crippen MR) is 91.8 cm³/mol. The molecule has 4 rings (SSSR count). The molecule has 2 aliphatic heterocycles. The highest BCUT2D eigenvalue weighted by molar-refractivity contribution is 5.97. The Hall–Kier alpha value is -2.47. The van der Waals surface area contributed by atoms with E-state index in [1.54, 1.807) is 18.1 Å². The first kappa shape index (κ1) is 15.1. The van der Waals surface area contributed by atoms with Gasteiger partial charge in [0.15, 0.2) is 0 Å². The quantitative estimate of drug-likeness (QED) is 0.854. The van der Waals surface area contributed by atoms with Crippen molar-refractivity contribution in [1.29, 1.82) is 0 Å². The fraction of sp³-hybridized carbons (Fsp3) is 0.389. The summed E-state index contributed by atoms with van der Waals surface area (Å²) in [6, 6.07) is 10.6. The largest absolute Gasteiger partial charge is 0.338 e. The molecule has 124 valence electrons. The molecule has 1 fully saturated rings. The summed E-state index contributed by atoms with van der Waals surface area (Å²) in [6.45, 7) is 5.38. The Kier molecular flexibility index (Phi) is 3.90. The van der Waals surface area contributed by atoms with Gasteiger partial charge in [0, 0.05) is 46.0 Å². The molecule has 1 saturated heterocycles. The number of piperazine rings is 1. The number of rotatable bonds is 3. The minimum atomic E-state index is 0.0178. The number of carbonyl (C=O) groups excluding carboxylic acids is 1. The van der Waals surface area contributed by atoms with Crippen LogP contribution in [-0.2, 0) is 13.1 Å². The van der Waals surface area contributed by atoms with Crippen molar-refractivity contribution in [2.45, 2.75) is 13.1 Å². The lowest BCUT2D eigenvalue weighted by molar-refractivity contribution is 0.0816. The van der Waals surface area contributed by atoms with Gasteiger partial charge in [-0.3, -0.25) is 9.69 Å². The van der Waals surface area contributed by atoms with Crippen molar-refractivity contribution >= 4 is 11.9 Å². The summed E-state index contributed by atoms with van der Waals surface area (Å²) in [5.74, 6) is 0.764. The number of nitrogens with zero attached hydrogens (tertiary/aromatic N) is 5. The van der Waals surface area contributed by atoms with E-state index in [1.807, 2.05) is 0 Å². The van der Waals surface area contributed by atoms with Crippen molar-refractivity contribution in [1.82, 2.24) is 19.8 Å². The van der Waals surface area contributed by atoms with Crippen LogP contribution in [-0.4, -0.2) is 58.9 Å². The molecule has 6 heteroatoms. The molecule has 24 heavy (non-hydrogen) atoms. The van der Waals surface area contributed by atoms with E-state index in [-0.39, 0.29) is 5.91 Å². The second-order valence-corrected chi connectivity index (χ2v) is 6.44. The number of carbonyl (C=O) groups is 1. The van der Waals surface area contributed by atoms with Gasteiger partial charge in [0.25, 0.3) is 5.91 Å². The van der Waals surface area contributed by atoms with Crippen molar-refractivity contribution in [3.05, 3.63) is 53.3 Å². The van der Waals surface area contributed by atoms with Gasteiger partial charge in [-0.2, -0.15) is 0 Å². The molecule has 2 aromatic rings. The molecule has 3 heterocycles. The van der Waals surface area contributed by atoms with Crippen molar-refractivity contribution in [3.8, 4) is 0 Å². The van der Waals surface area contributed by atoms with Crippen molar-refractivity contribution in [2.75, 3.05) is 38.1 Å². The van der Waals surface area contributed by atoms with Crippen LogP contribution in [0.2, 0.25) is 0 Å². The van der Waals surface area contributed by atoms with E-state index in [0.717, 1.165) is 44.4 Å². The van der Waals surface area contributed by atoms with Crippen LogP contribution in [0.25, 0.3) is 0 Å². The predicted octanol–water partition coefficient (Wildman–Crippen LogP) is 1.38. The number of aromatic nitrogens is 2. The van der Waals surface area contributed by atoms with Gasteiger partial charge < -0.3 is 9.80 Å². The van der Waals surface area contributed by atoms with Crippen molar-refractivity contribution in [3.63, 3.8) is 0 Å². The Balaban J connectivity index is 1.40. The fourth-order valence-corrected chi connectivity index (χ4v) is 3.31. The molecule has 0 saturated carbocycles. The van der Waals surface area contributed by atoms with Crippen LogP contribution in [0.3, 0.4) is 0 Å². The van der Waals surface area contributed by atoms with E-state index in [9.17, 15) is 4.79 Å². The van der Waals surface area contributed by atoms with E-state index < -0.39 is 0 Å². The van der Waals surface area contributed by atoms with E-state index in [1.165, 1.54) is 5.56 Å². The Morgan fingerprint density at radius 2 is 1.83 bits per heavy atom. The Morgan fingerprint density at radius 1 is 1.08 bits per heavy atom. The lowest BCUT2D eigenvalue weighted by atomic mass is 10.2. The normalized spacial score (nSPS) is 18.1. The van der Waals surface area contributed by atoms with Gasteiger partial charge in [-0.05, 0) is 5.56 Å². The van der Waals surface area contributed by atoms with Crippen molar-refractivity contribution < 1.29 is 4.79 Å². The summed E-state index contributed by atoms with van der Waals surface area (Å²) in [5, 5.41) is 0. The van der Waals surface area contributed by atoms with Gasteiger partial charge >= 0.3 is 0 Å². The number of benzene rings is 1. The van der Waals surface area contributed by atoms with Gasteiger partial charge in [0.05, 0.1) is 17.8 Å². The smallest absolute Gasteiger partial charge is 0.257 e. The van der Waals surface area contributed by atoms with Crippen LogP contribution in [0.15, 0.2) is 36.5 Å². The highest BCUT2D eigenvalue weighted by Gasteiger charge is 2.28. The second kappa shape index (κ2) is 6.20. The van der Waals surface area contributed by atoms with Crippen molar-refractivity contribution in [2.24, 2.45) is 0 Å². The number of amides is 1. The second-order valence-electron chi connectivity index (χ2n) is 6.44. The summed E-state index contributed by atoms with van der Waals surface area (Å²) in [4.78, 5) is 27.3. The SMILES string of the molecule is CN1Cc2nc(N3CCN(Cc4ccccc4)CC3)ncc2C1=O. The lowest BCUT2D eigenvalue weighted by Gasteiger charge is -2.34. The number of hydrogen-bond acceptors (Lipinski definition) is 5. The average Bonchev–Trinajstić information content (AvgIpc) is 2.90. The zero-order valence-electron chi connectivity index (χ0n) is 13.9. The first-order valence-electron chi connectivity index (χ1n) is 8.33. The van der Waals surface area contributed by atoms with E-state index in [2.05, 4.69) is 50.1 Å². The summed E-state index contributed by atoms with van der Waals surface area (Å²) in [5.41, 5.74) is 2.84. The molecule has 6 nitrogen and oxygen atoms in total. The number of fused-ring (bicyclic) bond motifs is 1. The third-order valence-corrected chi connectivity index (χ3v) is 4.72. The first-order chi connectivity index (χ1) is 11.7. The van der Waals surface area contributed by atoms with Gasteiger partial charge in [-0.25, -0.2) is 9.97 Å². The molecule has 1 aromatic heterocycles. The lowest BCUT2D eigenvalue weighted by Crippen LogP contribution is -2.46. The molecule has 1 aromatic carbocycles. The Bertz CT molecular complexity index is 740. The molecule has 2 aliphatic rings. The summed E-state index contributed by atoms with van der Waals surface area (Å²) in [7, 11) is 1.80. The van der Waals surface area contributed by atoms with Crippen LogP contribution >= 0.6 is 0 Å². The molecule has 0 spiro atoms. The van der Waals surface area contributed by atoms with Crippen LogP contribution in [0.4, 0.5) is 5.95 Å². The maximum absolute atomic E-state index is 11.9. The van der Waals surface area contributed by atoms with Crippen LogP contribution in [0.5, 0.6) is 0 Å².